The molecule has 2 aromatic heterocycles. The Kier molecular flexibility index (Phi) is 2.67. The lowest BCUT2D eigenvalue weighted by atomic mass is 10.3. The van der Waals surface area contributed by atoms with Gasteiger partial charge in [-0.1, -0.05) is 6.07 Å². The van der Waals surface area contributed by atoms with Gasteiger partial charge in [-0.2, -0.15) is 0 Å². The van der Waals surface area contributed by atoms with Gasteiger partial charge in [-0.05, 0) is 12.1 Å². The van der Waals surface area contributed by atoms with Crippen LogP contribution in [0, 0.1) is 0 Å². The van der Waals surface area contributed by atoms with Crippen molar-refractivity contribution in [3.05, 3.63) is 42.1 Å². The largest absolute Gasteiger partial charge is 0.339 e. The smallest absolute Gasteiger partial charge is 0.273 e. The lowest BCUT2D eigenvalue weighted by Crippen LogP contribution is -2.49. The molecule has 0 spiro atoms. The van der Waals surface area contributed by atoms with E-state index in [-0.39, 0.29) is 5.91 Å². The molecule has 6 nitrogen and oxygen atoms in total. The second-order valence-electron chi connectivity index (χ2n) is 3.90. The van der Waals surface area contributed by atoms with Gasteiger partial charge >= 0.3 is 0 Å². The van der Waals surface area contributed by atoms with Crippen molar-refractivity contribution in [2.45, 2.75) is 12.0 Å². The lowest BCUT2D eigenvalue weighted by Gasteiger charge is -2.32. The van der Waals surface area contributed by atoms with Gasteiger partial charge in [-0.25, -0.2) is 4.98 Å². The van der Waals surface area contributed by atoms with Crippen molar-refractivity contribution in [2.24, 2.45) is 0 Å². The van der Waals surface area contributed by atoms with Crippen LogP contribution < -0.4 is 10.2 Å². The maximum Gasteiger partial charge on any atom is 0.273 e. The van der Waals surface area contributed by atoms with E-state index in [1.54, 1.807) is 6.20 Å². The third kappa shape index (κ3) is 1.82. The van der Waals surface area contributed by atoms with Crippen molar-refractivity contribution >= 4 is 24.4 Å². The fourth-order valence-corrected chi connectivity index (χ4v) is 2.19. The highest BCUT2D eigenvalue weighted by molar-refractivity contribution is 7.81. The number of nitrogens with one attached hydrogen (secondary N) is 2. The molecule has 1 unspecified atom stereocenters. The van der Waals surface area contributed by atoms with E-state index in [9.17, 15) is 4.79 Å². The molecule has 0 fully saturated rings. The zero-order valence-electron chi connectivity index (χ0n) is 9.37. The summed E-state index contributed by atoms with van der Waals surface area (Å²) in [6, 6.07) is 5.70. The van der Waals surface area contributed by atoms with Gasteiger partial charge in [0.05, 0.1) is 18.6 Å². The van der Waals surface area contributed by atoms with E-state index in [0.717, 1.165) is 5.69 Å². The molecule has 0 saturated heterocycles. The maximum atomic E-state index is 11.7. The van der Waals surface area contributed by atoms with Crippen LogP contribution in [0.25, 0.3) is 0 Å². The summed E-state index contributed by atoms with van der Waals surface area (Å²) >= 11 is 4.36. The molecule has 3 heterocycles. The number of hydrogen-bond donors (Lipinski definition) is 3. The van der Waals surface area contributed by atoms with E-state index in [0.29, 0.717) is 18.1 Å². The van der Waals surface area contributed by atoms with Crippen LogP contribution in [-0.2, 0) is 6.54 Å². The zero-order valence-corrected chi connectivity index (χ0v) is 10.3. The first kappa shape index (κ1) is 11.1. The molecule has 18 heavy (non-hydrogen) atoms. The first-order valence-electron chi connectivity index (χ1n) is 5.44. The number of carbonyl (C=O) groups is 1. The molecule has 0 radical (unpaired) electrons. The SMILES string of the molecule is O=C1NC(S)N(Cc2ccccn2)c2nc[nH]c21. The Morgan fingerprint density at radius 1 is 1.39 bits per heavy atom. The normalized spacial score (nSPS) is 18.4. The van der Waals surface area contributed by atoms with E-state index >= 15 is 0 Å². The molecule has 3 rings (SSSR count). The van der Waals surface area contributed by atoms with Gasteiger partial charge < -0.3 is 15.2 Å². The van der Waals surface area contributed by atoms with Crippen LogP contribution in [0.5, 0.6) is 0 Å². The molecular formula is C11H11N5OS. The number of carbonyl (C=O) groups excluding carboxylic acids is 1. The average Bonchev–Trinajstić information content (AvgIpc) is 2.85. The highest BCUT2D eigenvalue weighted by Gasteiger charge is 2.31. The highest BCUT2D eigenvalue weighted by Crippen LogP contribution is 2.25. The van der Waals surface area contributed by atoms with Crippen LogP contribution in [0.4, 0.5) is 5.82 Å². The van der Waals surface area contributed by atoms with Gasteiger partial charge in [0.1, 0.15) is 11.2 Å². The number of anilines is 1. The lowest BCUT2D eigenvalue weighted by molar-refractivity contribution is 0.0937. The number of aromatic nitrogens is 3. The van der Waals surface area contributed by atoms with Crippen molar-refractivity contribution < 1.29 is 4.79 Å². The van der Waals surface area contributed by atoms with E-state index in [2.05, 4.69) is 32.9 Å². The Hall–Kier alpha value is -2.02. The second kappa shape index (κ2) is 4.34. The first-order valence-corrected chi connectivity index (χ1v) is 5.96. The zero-order chi connectivity index (χ0) is 12.5. The fourth-order valence-electron chi connectivity index (χ4n) is 1.88. The summed E-state index contributed by atoms with van der Waals surface area (Å²) in [4.78, 5) is 24.8. The monoisotopic (exact) mass is 261 g/mol. The van der Waals surface area contributed by atoms with Gasteiger partial charge in [0.15, 0.2) is 5.82 Å². The summed E-state index contributed by atoms with van der Waals surface area (Å²) in [6.07, 6.45) is 3.23. The molecule has 1 aliphatic heterocycles. The number of pyridine rings is 1. The van der Waals surface area contributed by atoms with Crippen LogP contribution in [0.1, 0.15) is 16.2 Å². The second-order valence-corrected chi connectivity index (χ2v) is 4.39. The molecule has 2 aromatic rings. The minimum absolute atomic E-state index is 0.195. The minimum atomic E-state index is -0.407. The minimum Gasteiger partial charge on any atom is -0.339 e. The Morgan fingerprint density at radius 3 is 3.06 bits per heavy atom. The van der Waals surface area contributed by atoms with Gasteiger partial charge in [-0.3, -0.25) is 9.78 Å². The molecule has 0 bridgehead atoms. The molecule has 1 aliphatic rings. The van der Waals surface area contributed by atoms with E-state index in [1.807, 2.05) is 23.1 Å². The van der Waals surface area contributed by atoms with Gasteiger partial charge in [0.2, 0.25) is 0 Å². The summed E-state index contributed by atoms with van der Waals surface area (Å²) in [5.41, 5.74) is 0.938. The predicted molar refractivity (Wildman–Crippen MR) is 69.2 cm³/mol. The first-order chi connectivity index (χ1) is 8.75. The Morgan fingerprint density at radius 2 is 2.28 bits per heavy atom. The number of fused-ring (bicyclic) bond motifs is 1. The Labute approximate surface area is 109 Å². The number of H-pyrrole nitrogens is 1. The Balaban J connectivity index is 1.93. The molecule has 0 aromatic carbocycles. The van der Waals surface area contributed by atoms with Crippen molar-refractivity contribution in [1.29, 1.82) is 0 Å². The summed E-state index contributed by atoms with van der Waals surface area (Å²) in [7, 11) is 0. The Bertz CT molecular complexity index is 570. The molecule has 7 heteroatoms. The quantitative estimate of drug-likeness (QED) is 0.698. The number of hydrogen-bond acceptors (Lipinski definition) is 5. The number of amides is 1. The van der Waals surface area contributed by atoms with Gasteiger partial charge in [-0.15, -0.1) is 12.6 Å². The van der Waals surface area contributed by atoms with Crippen molar-refractivity contribution in [3.63, 3.8) is 0 Å². The van der Waals surface area contributed by atoms with Gasteiger partial charge in [0.25, 0.3) is 5.91 Å². The van der Waals surface area contributed by atoms with E-state index in [4.69, 9.17) is 0 Å². The number of thiol groups is 1. The summed E-state index contributed by atoms with van der Waals surface area (Å²) in [5.74, 6) is 0.407. The van der Waals surface area contributed by atoms with Crippen molar-refractivity contribution in [3.8, 4) is 0 Å². The molecule has 0 aliphatic carbocycles. The van der Waals surface area contributed by atoms with Crippen LogP contribution in [-0.4, -0.2) is 26.4 Å². The molecule has 92 valence electrons. The topological polar surface area (TPSA) is 73.9 Å². The van der Waals surface area contributed by atoms with Crippen LogP contribution >= 0.6 is 12.6 Å². The maximum absolute atomic E-state index is 11.7. The number of aromatic amines is 1. The molecule has 0 saturated carbocycles. The molecule has 1 amide bonds. The number of rotatable bonds is 2. The van der Waals surface area contributed by atoms with Crippen LogP contribution in [0.15, 0.2) is 30.7 Å². The molecule has 1 atom stereocenters. The predicted octanol–water partition coefficient (Wildman–Crippen LogP) is 0.768. The summed E-state index contributed by atoms with van der Waals surface area (Å²) < 4.78 is 0. The van der Waals surface area contributed by atoms with Crippen LogP contribution in [0.2, 0.25) is 0 Å². The fraction of sp³-hybridized carbons (Fsp3) is 0.182. The third-order valence-electron chi connectivity index (χ3n) is 2.73. The number of imidazole rings is 1. The van der Waals surface area contributed by atoms with Crippen LogP contribution in [0.3, 0.4) is 0 Å². The summed E-state index contributed by atoms with van der Waals surface area (Å²) in [5, 5.41) is 2.74. The standard InChI is InChI=1S/C11H11N5OS/c17-10-8-9(14-6-13-8)16(11(18)15-10)5-7-3-1-2-4-12-7/h1-4,6,11,18H,5H2,(H,13,14)(H,15,17). The van der Waals surface area contributed by atoms with E-state index in [1.165, 1.54) is 6.33 Å². The van der Waals surface area contributed by atoms with E-state index < -0.39 is 5.50 Å². The molecule has 2 N–H and O–H groups in total. The summed E-state index contributed by atoms with van der Waals surface area (Å²) in [6.45, 7) is 0.535. The van der Waals surface area contributed by atoms with Crippen molar-refractivity contribution in [1.82, 2.24) is 20.3 Å². The number of nitrogens with zero attached hydrogens (tertiary/aromatic N) is 3. The third-order valence-corrected chi connectivity index (χ3v) is 3.14. The molecular weight excluding hydrogens is 250 g/mol. The average molecular weight is 261 g/mol. The van der Waals surface area contributed by atoms with Crippen molar-refractivity contribution in [2.75, 3.05) is 4.90 Å². The highest BCUT2D eigenvalue weighted by atomic mass is 32.1. The van der Waals surface area contributed by atoms with Gasteiger partial charge in [0, 0.05) is 6.20 Å².